The molecule has 0 amide bonds. The Kier molecular flexibility index (Phi) is 6.04. The average Bonchev–Trinajstić information content (AvgIpc) is 2.29. The predicted octanol–water partition coefficient (Wildman–Crippen LogP) is 3.61. The van der Waals surface area contributed by atoms with Crippen LogP contribution < -0.4 is 0 Å². The normalized spacial score (nSPS) is 10.1. The lowest BCUT2D eigenvalue weighted by atomic mass is 10.1. The number of Topliss-reactive ketones (excluding diaryl/α,β-unsaturated/α-hetero) is 1. The number of allylic oxidation sites excluding steroid dienone is 1. The fraction of sp³-hybridized carbons (Fsp3) is 0.308. The summed E-state index contributed by atoms with van der Waals surface area (Å²) >= 11 is 3.32. The molecule has 1 rings (SSSR count). The Morgan fingerprint density at radius 3 is 2.69 bits per heavy atom. The maximum Gasteiger partial charge on any atom is 0.188 e. The Bertz CT molecular complexity index is 343. The van der Waals surface area contributed by atoms with Gasteiger partial charge in [0.25, 0.3) is 0 Å². The van der Waals surface area contributed by atoms with Crippen molar-refractivity contribution in [3.05, 3.63) is 47.0 Å². The van der Waals surface area contributed by atoms with E-state index in [9.17, 15) is 4.79 Å². The van der Waals surface area contributed by atoms with Crippen LogP contribution in [0.5, 0.6) is 0 Å². The molecule has 0 aliphatic heterocycles. The highest BCUT2D eigenvalue weighted by molar-refractivity contribution is 9.10. The molecule has 0 spiro atoms. The zero-order valence-electron chi connectivity index (χ0n) is 9.12. The van der Waals surface area contributed by atoms with Crippen molar-refractivity contribution in [2.24, 2.45) is 0 Å². The van der Waals surface area contributed by atoms with Gasteiger partial charge in [-0.3, -0.25) is 4.79 Å². The molecule has 0 N–H and O–H groups in total. The Labute approximate surface area is 104 Å². The highest BCUT2D eigenvalue weighted by Crippen LogP contribution is 2.11. The number of carbonyl (C=O) groups is 1. The van der Waals surface area contributed by atoms with Gasteiger partial charge in [-0.05, 0) is 25.0 Å². The second-order valence-corrected chi connectivity index (χ2v) is 4.33. The van der Waals surface area contributed by atoms with Crippen molar-refractivity contribution in [1.29, 1.82) is 0 Å². The van der Waals surface area contributed by atoms with Gasteiger partial charge in [-0.1, -0.05) is 34.1 Å². The third kappa shape index (κ3) is 4.73. The first kappa shape index (κ1) is 13.1. The lowest BCUT2D eigenvalue weighted by Crippen LogP contribution is -2.09. The summed E-state index contributed by atoms with van der Waals surface area (Å²) in [5.74, 6) is 0.0195. The molecule has 0 saturated heterocycles. The van der Waals surface area contributed by atoms with Crippen LogP contribution in [0.4, 0.5) is 0 Å². The van der Waals surface area contributed by atoms with Crippen molar-refractivity contribution in [3.63, 3.8) is 0 Å². The number of halogens is 1. The number of ether oxygens (including phenoxy) is 1. The summed E-state index contributed by atoms with van der Waals surface area (Å²) in [6, 6.07) is 7.29. The molecule has 0 fully saturated rings. The number of ketones is 1. The van der Waals surface area contributed by atoms with E-state index < -0.39 is 0 Å². The van der Waals surface area contributed by atoms with Gasteiger partial charge in [-0.25, -0.2) is 0 Å². The second kappa shape index (κ2) is 7.36. The lowest BCUT2D eigenvalue weighted by molar-refractivity contribution is 0.0757. The summed E-state index contributed by atoms with van der Waals surface area (Å²) in [5, 5.41) is 0. The Morgan fingerprint density at radius 2 is 2.06 bits per heavy atom. The average molecular weight is 283 g/mol. The van der Waals surface area contributed by atoms with Gasteiger partial charge in [0.05, 0.1) is 0 Å². The molecule has 0 radical (unpaired) electrons. The van der Waals surface area contributed by atoms with Crippen LogP contribution in [-0.2, 0) is 4.74 Å². The monoisotopic (exact) mass is 282 g/mol. The molecule has 86 valence electrons. The molecule has 1 aromatic rings. The third-order valence-electron chi connectivity index (χ3n) is 2.10. The molecule has 0 aromatic heterocycles. The first-order valence-electron chi connectivity index (χ1n) is 5.21. The number of hydrogen-bond acceptors (Lipinski definition) is 2. The lowest BCUT2D eigenvalue weighted by Gasteiger charge is -2.03. The quantitative estimate of drug-likeness (QED) is 0.434. The van der Waals surface area contributed by atoms with Crippen molar-refractivity contribution in [1.82, 2.24) is 0 Å². The van der Waals surface area contributed by atoms with Crippen molar-refractivity contribution < 1.29 is 9.53 Å². The van der Waals surface area contributed by atoms with Crippen LogP contribution in [0.1, 0.15) is 23.2 Å². The van der Waals surface area contributed by atoms with Crippen molar-refractivity contribution in [2.45, 2.75) is 12.8 Å². The largest absolute Gasteiger partial charge is 0.373 e. The minimum absolute atomic E-state index is 0.0195. The molecule has 0 saturated carbocycles. The first-order valence-corrected chi connectivity index (χ1v) is 6.00. The van der Waals surface area contributed by atoms with E-state index in [1.165, 1.54) is 0 Å². The fourth-order valence-electron chi connectivity index (χ4n) is 1.21. The van der Waals surface area contributed by atoms with E-state index in [4.69, 9.17) is 4.74 Å². The van der Waals surface area contributed by atoms with E-state index in [2.05, 4.69) is 22.5 Å². The fourth-order valence-corrected chi connectivity index (χ4v) is 1.48. The van der Waals surface area contributed by atoms with E-state index in [1.807, 2.05) is 18.2 Å². The molecular formula is C13H15BrO2. The van der Waals surface area contributed by atoms with Crippen LogP contribution in [-0.4, -0.2) is 19.0 Å². The number of hydrogen-bond donors (Lipinski definition) is 0. The molecule has 0 bridgehead atoms. The van der Waals surface area contributed by atoms with Crippen LogP contribution in [0.2, 0.25) is 0 Å². The topological polar surface area (TPSA) is 26.3 Å². The number of carbonyl (C=O) groups excluding carboxylic acids is 1. The predicted molar refractivity (Wildman–Crippen MR) is 68.7 cm³/mol. The number of unbranched alkanes of at least 4 members (excludes halogenated alkanes) is 1. The maximum absolute atomic E-state index is 11.6. The summed E-state index contributed by atoms with van der Waals surface area (Å²) in [5.41, 5.74) is 0.687. The van der Waals surface area contributed by atoms with Crippen LogP contribution >= 0.6 is 15.9 Å². The van der Waals surface area contributed by atoms with Gasteiger partial charge in [0, 0.05) is 16.6 Å². The number of benzene rings is 1. The SMILES string of the molecule is C=CCCCOCC(=O)c1ccc(Br)cc1. The van der Waals surface area contributed by atoms with Gasteiger partial charge in [-0.2, -0.15) is 0 Å². The van der Waals surface area contributed by atoms with Gasteiger partial charge >= 0.3 is 0 Å². The van der Waals surface area contributed by atoms with Crippen LogP contribution in [0.25, 0.3) is 0 Å². The maximum atomic E-state index is 11.6. The second-order valence-electron chi connectivity index (χ2n) is 3.41. The molecule has 3 heteroatoms. The molecular weight excluding hydrogens is 268 g/mol. The van der Waals surface area contributed by atoms with Crippen LogP contribution in [0.15, 0.2) is 41.4 Å². The summed E-state index contributed by atoms with van der Waals surface area (Å²) in [7, 11) is 0. The highest BCUT2D eigenvalue weighted by atomic mass is 79.9. The molecule has 1 aromatic carbocycles. The zero-order chi connectivity index (χ0) is 11.8. The van der Waals surface area contributed by atoms with Gasteiger partial charge in [0.1, 0.15) is 6.61 Å². The van der Waals surface area contributed by atoms with Crippen molar-refractivity contribution >= 4 is 21.7 Å². The minimum Gasteiger partial charge on any atom is -0.373 e. The summed E-state index contributed by atoms with van der Waals surface area (Å²) in [4.78, 5) is 11.6. The zero-order valence-corrected chi connectivity index (χ0v) is 10.7. The molecule has 0 unspecified atom stereocenters. The smallest absolute Gasteiger partial charge is 0.188 e. The van der Waals surface area contributed by atoms with E-state index in [0.29, 0.717) is 12.2 Å². The Morgan fingerprint density at radius 1 is 1.38 bits per heavy atom. The highest BCUT2D eigenvalue weighted by Gasteiger charge is 2.04. The van der Waals surface area contributed by atoms with Crippen LogP contribution in [0, 0.1) is 0 Å². The van der Waals surface area contributed by atoms with Gasteiger partial charge in [0.2, 0.25) is 0 Å². The minimum atomic E-state index is 0.0195. The number of rotatable bonds is 7. The van der Waals surface area contributed by atoms with Gasteiger partial charge in [0.15, 0.2) is 5.78 Å². The van der Waals surface area contributed by atoms with E-state index in [-0.39, 0.29) is 12.4 Å². The standard InChI is InChI=1S/C13H15BrO2/c1-2-3-4-9-16-10-13(15)11-5-7-12(14)8-6-11/h2,5-8H,1,3-4,9-10H2. The molecule has 0 aliphatic carbocycles. The van der Waals surface area contributed by atoms with Crippen LogP contribution in [0.3, 0.4) is 0 Å². The molecule has 16 heavy (non-hydrogen) atoms. The molecule has 0 atom stereocenters. The van der Waals surface area contributed by atoms with Crippen molar-refractivity contribution in [3.8, 4) is 0 Å². The molecule has 0 heterocycles. The van der Waals surface area contributed by atoms with Crippen molar-refractivity contribution in [2.75, 3.05) is 13.2 Å². The van der Waals surface area contributed by atoms with Gasteiger partial charge in [-0.15, -0.1) is 6.58 Å². The summed E-state index contributed by atoms with van der Waals surface area (Å²) < 4.78 is 6.24. The van der Waals surface area contributed by atoms with E-state index in [1.54, 1.807) is 12.1 Å². The van der Waals surface area contributed by atoms with E-state index >= 15 is 0 Å². The molecule has 2 nitrogen and oxygen atoms in total. The Balaban J connectivity index is 2.29. The Hall–Kier alpha value is -0.930. The third-order valence-corrected chi connectivity index (χ3v) is 2.62. The summed E-state index contributed by atoms with van der Waals surface area (Å²) in [6.45, 7) is 4.38. The van der Waals surface area contributed by atoms with Gasteiger partial charge < -0.3 is 4.74 Å². The summed E-state index contributed by atoms with van der Waals surface area (Å²) in [6.07, 6.45) is 3.68. The first-order chi connectivity index (χ1) is 7.74. The molecule has 0 aliphatic rings. The van der Waals surface area contributed by atoms with E-state index in [0.717, 1.165) is 17.3 Å².